The van der Waals surface area contributed by atoms with Gasteiger partial charge < -0.3 is 14.1 Å². The van der Waals surface area contributed by atoms with Gasteiger partial charge in [0.2, 0.25) is 0 Å². The Balaban J connectivity index is 2.15. The van der Waals surface area contributed by atoms with Gasteiger partial charge >= 0.3 is 0 Å². The first-order valence-electron chi connectivity index (χ1n) is 7.37. The van der Waals surface area contributed by atoms with Crippen molar-refractivity contribution in [2.75, 3.05) is 0 Å². The Morgan fingerprint density at radius 1 is 1.14 bits per heavy atom. The highest BCUT2D eigenvalue weighted by Crippen LogP contribution is 2.41. The molecule has 4 rings (SSSR count). The lowest BCUT2D eigenvalue weighted by Crippen LogP contribution is -1.96. The smallest absolute Gasteiger partial charge is 0.292 e. The number of aromatic nitrogens is 2. The highest BCUT2D eigenvalue weighted by Gasteiger charge is 2.22. The molecular formula is C18H16N2O2. The standard InChI is InChI=1S/C18H16N2O2/c1-3-20-11(2)15(12-7-4-5-9-14(12)20)17-16-13(18(21)22-17)8-6-10-19-16/h4-10,21H,3H2,1-2H3. The highest BCUT2D eigenvalue weighted by molar-refractivity contribution is 6.04. The van der Waals surface area contributed by atoms with Crippen molar-refractivity contribution in [3.8, 4) is 17.3 Å². The van der Waals surface area contributed by atoms with E-state index in [9.17, 15) is 5.11 Å². The molecule has 0 amide bonds. The maximum absolute atomic E-state index is 10.1. The van der Waals surface area contributed by atoms with Crippen LogP contribution < -0.4 is 0 Å². The third-order valence-corrected chi connectivity index (χ3v) is 4.23. The van der Waals surface area contributed by atoms with Crippen molar-refractivity contribution in [1.82, 2.24) is 9.55 Å². The number of hydrogen-bond acceptors (Lipinski definition) is 3. The van der Waals surface area contributed by atoms with Crippen LogP contribution >= 0.6 is 0 Å². The zero-order chi connectivity index (χ0) is 15.3. The second kappa shape index (κ2) is 4.63. The normalized spacial score (nSPS) is 11.5. The maximum Gasteiger partial charge on any atom is 0.292 e. The zero-order valence-electron chi connectivity index (χ0n) is 12.5. The molecule has 0 aliphatic carbocycles. The fourth-order valence-corrected chi connectivity index (χ4v) is 3.25. The van der Waals surface area contributed by atoms with Crippen LogP contribution in [-0.4, -0.2) is 14.7 Å². The van der Waals surface area contributed by atoms with Gasteiger partial charge in [-0.15, -0.1) is 0 Å². The summed E-state index contributed by atoms with van der Waals surface area (Å²) in [5, 5.41) is 11.8. The van der Waals surface area contributed by atoms with Gasteiger partial charge in [-0.2, -0.15) is 0 Å². The summed E-state index contributed by atoms with van der Waals surface area (Å²) in [6.07, 6.45) is 1.72. The first-order valence-corrected chi connectivity index (χ1v) is 7.37. The number of aromatic hydroxyl groups is 1. The van der Waals surface area contributed by atoms with Crippen molar-refractivity contribution in [3.05, 3.63) is 48.3 Å². The number of rotatable bonds is 2. The molecule has 0 bridgehead atoms. The van der Waals surface area contributed by atoms with E-state index >= 15 is 0 Å². The number of nitrogens with zero attached hydrogens (tertiary/aromatic N) is 2. The van der Waals surface area contributed by atoms with Crippen LogP contribution in [0.4, 0.5) is 0 Å². The number of para-hydroxylation sites is 1. The first kappa shape index (κ1) is 13.0. The van der Waals surface area contributed by atoms with Gasteiger partial charge in [0.25, 0.3) is 5.95 Å². The van der Waals surface area contributed by atoms with Gasteiger partial charge in [0, 0.05) is 34.9 Å². The van der Waals surface area contributed by atoms with E-state index < -0.39 is 0 Å². The van der Waals surface area contributed by atoms with Crippen LogP contribution in [0.5, 0.6) is 5.95 Å². The van der Waals surface area contributed by atoms with Gasteiger partial charge in [-0.05, 0) is 32.0 Å². The van der Waals surface area contributed by atoms with Crippen LogP contribution in [-0.2, 0) is 6.54 Å². The summed E-state index contributed by atoms with van der Waals surface area (Å²) in [7, 11) is 0. The average molecular weight is 292 g/mol. The Bertz CT molecular complexity index is 995. The minimum absolute atomic E-state index is 0.0779. The van der Waals surface area contributed by atoms with E-state index in [0.29, 0.717) is 16.7 Å². The molecule has 0 aliphatic rings. The number of benzene rings is 1. The van der Waals surface area contributed by atoms with E-state index in [1.54, 1.807) is 12.3 Å². The fourth-order valence-electron chi connectivity index (χ4n) is 3.25. The maximum atomic E-state index is 10.1. The molecular weight excluding hydrogens is 276 g/mol. The minimum atomic E-state index is -0.0779. The van der Waals surface area contributed by atoms with Crippen molar-refractivity contribution in [1.29, 1.82) is 0 Å². The number of hydrogen-bond donors (Lipinski definition) is 1. The van der Waals surface area contributed by atoms with Gasteiger partial charge in [0.1, 0.15) is 5.52 Å². The van der Waals surface area contributed by atoms with Crippen LogP contribution in [0.15, 0.2) is 47.0 Å². The Labute approximate surface area is 127 Å². The van der Waals surface area contributed by atoms with E-state index in [0.717, 1.165) is 28.7 Å². The summed E-state index contributed by atoms with van der Waals surface area (Å²) in [6.45, 7) is 5.08. The molecule has 110 valence electrons. The number of furan rings is 1. The highest BCUT2D eigenvalue weighted by atomic mass is 16.5. The topological polar surface area (TPSA) is 51.2 Å². The molecule has 1 N–H and O–H groups in total. The SMILES string of the molecule is CCn1c(C)c(-c2oc(O)c3cccnc23)c2ccccc21. The van der Waals surface area contributed by atoms with Crippen LogP contribution in [0.3, 0.4) is 0 Å². The van der Waals surface area contributed by atoms with Gasteiger partial charge in [-0.25, -0.2) is 0 Å². The first-order chi connectivity index (χ1) is 10.7. The van der Waals surface area contributed by atoms with Gasteiger partial charge in [0.15, 0.2) is 5.76 Å². The molecule has 0 saturated carbocycles. The Kier molecular flexibility index (Phi) is 2.73. The lowest BCUT2D eigenvalue weighted by molar-refractivity contribution is 0.343. The molecule has 3 heterocycles. The summed E-state index contributed by atoms with van der Waals surface area (Å²) in [6, 6.07) is 11.9. The lowest BCUT2D eigenvalue weighted by Gasteiger charge is -2.03. The van der Waals surface area contributed by atoms with E-state index in [1.165, 1.54) is 0 Å². The van der Waals surface area contributed by atoms with Crippen molar-refractivity contribution < 1.29 is 9.52 Å². The molecule has 0 radical (unpaired) electrons. The lowest BCUT2D eigenvalue weighted by atomic mass is 10.1. The van der Waals surface area contributed by atoms with Crippen molar-refractivity contribution >= 4 is 21.8 Å². The third-order valence-electron chi connectivity index (χ3n) is 4.23. The molecule has 0 unspecified atom stereocenters. The summed E-state index contributed by atoms with van der Waals surface area (Å²) >= 11 is 0. The van der Waals surface area contributed by atoms with E-state index in [1.807, 2.05) is 18.2 Å². The molecule has 1 aromatic carbocycles. The van der Waals surface area contributed by atoms with Crippen molar-refractivity contribution in [2.45, 2.75) is 20.4 Å². The van der Waals surface area contributed by atoms with E-state index in [-0.39, 0.29) is 5.95 Å². The molecule has 4 heteroatoms. The van der Waals surface area contributed by atoms with E-state index in [2.05, 4.69) is 35.5 Å². The van der Waals surface area contributed by atoms with Gasteiger partial charge in [-0.3, -0.25) is 4.98 Å². The quantitative estimate of drug-likeness (QED) is 0.592. The molecule has 3 aromatic heterocycles. The molecule has 0 atom stereocenters. The zero-order valence-corrected chi connectivity index (χ0v) is 12.5. The van der Waals surface area contributed by atoms with Crippen LogP contribution in [0, 0.1) is 6.92 Å². The second-order valence-electron chi connectivity index (χ2n) is 5.36. The van der Waals surface area contributed by atoms with Crippen molar-refractivity contribution in [2.24, 2.45) is 0 Å². The molecule has 0 spiro atoms. The average Bonchev–Trinajstić information content (AvgIpc) is 3.02. The summed E-state index contributed by atoms with van der Waals surface area (Å²) in [4.78, 5) is 4.40. The fraction of sp³-hybridized carbons (Fsp3) is 0.167. The molecule has 4 nitrogen and oxygen atoms in total. The Morgan fingerprint density at radius 3 is 2.73 bits per heavy atom. The number of aryl methyl sites for hydroxylation is 1. The Hall–Kier alpha value is -2.75. The monoisotopic (exact) mass is 292 g/mol. The summed E-state index contributed by atoms with van der Waals surface area (Å²) < 4.78 is 7.93. The summed E-state index contributed by atoms with van der Waals surface area (Å²) in [5.74, 6) is 0.555. The molecule has 4 aromatic rings. The molecule has 0 saturated heterocycles. The van der Waals surface area contributed by atoms with Gasteiger partial charge in [-0.1, -0.05) is 18.2 Å². The predicted molar refractivity (Wildman–Crippen MR) is 87.0 cm³/mol. The predicted octanol–water partition coefficient (Wildman–Crippen LogP) is 4.48. The van der Waals surface area contributed by atoms with E-state index in [4.69, 9.17) is 4.42 Å². The largest absolute Gasteiger partial charge is 0.480 e. The summed E-state index contributed by atoms with van der Waals surface area (Å²) in [5.41, 5.74) is 3.98. The molecule has 0 aliphatic heterocycles. The van der Waals surface area contributed by atoms with Crippen LogP contribution in [0.25, 0.3) is 33.1 Å². The van der Waals surface area contributed by atoms with Gasteiger partial charge in [0.05, 0.1) is 5.39 Å². The van der Waals surface area contributed by atoms with Crippen LogP contribution in [0.1, 0.15) is 12.6 Å². The minimum Gasteiger partial charge on any atom is -0.480 e. The number of fused-ring (bicyclic) bond motifs is 2. The Morgan fingerprint density at radius 2 is 1.91 bits per heavy atom. The number of pyridine rings is 1. The van der Waals surface area contributed by atoms with Crippen molar-refractivity contribution in [3.63, 3.8) is 0 Å². The molecule has 22 heavy (non-hydrogen) atoms. The second-order valence-corrected chi connectivity index (χ2v) is 5.36. The third kappa shape index (κ3) is 1.61. The van der Waals surface area contributed by atoms with Crippen LogP contribution in [0.2, 0.25) is 0 Å². The molecule has 0 fully saturated rings.